The number of hydrogen-bond acceptors (Lipinski definition) is 4. The highest BCUT2D eigenvalue weighted by molar-refractivity contribution is 9.10. The van der Waals surface area contributed by atoms with Gasteiger partial charge >= 0.3 is 0 Å². The average Bonchev–Trinajstić information content (AvgIpc) is 2.98. The van der Waals surface area contributed by atoms with Gasteiger partial charge in [0, 0.05) is 21.9 Å². The molecular formula is C15H16BrN5O2S. The Balaban J connectivity index is 2.04. The normalized spacial score (nSPS) is 16.0. The molecule has 7 nitrogen and oxygen atoms in total. The third-order valence-electron chi connectivity index (χ3n) is 3.77. The Bertz CT molecular complexity index is 916. The first-order valence-corrected chi connectivity index (χ1v) is 9.51. The number of rotatable bonds is 3. The van der Waals surface area contributed by atoms with E-state index in [0.717, 1.165) is 16.5 Å². The minimum atomic E-state index is -3.66. The second kappa shape index (κ2) is 6.40. The number of fused-ring (bicyclic) bond motifs is 1. The topological polar surface area (TPSA) is 113 Å². The lowest BCUT2D eigenvalue weighted by atomic mass is 9.96. The fourth-order valence-electron chi connectivity index (χ4n) is 2.70. The molecule has 0 spiro atoms. The molecule has 1 aromatic carbocycles. The zero-order chi connectivity index (χ0) is 17.3. The van der Waals surface area contributed by atoms with E-state index in [1.807, 2.05) is 0 Å². The van der Waals surface area contributed by atoms with Crippen LogP contribution in [0.3, 0.4) is 0 Å². The predicted molar refractivity (Wildman–Crippen MR) is 95.7 cm³/mol. The van der Waals surface area contributed by atoms with Crippen molar-refractivity contribution in [2.24, 2.45) is 10.8 Å². The first kappa shape index (κ1) is 16.7. The lowest BCUT2D eigenvalue weighted by Gasteiger charge is -2.17. The molecule has 1 heterocycles. The van der Waals surface area contributed by atoms with Gasteiger partial charge in [0.1, 0.15) is 0 Å². The van der Waals surface area contributed by atoms with E-state index in [9.17, 15) is 8.42 Å². The zero-order valence-electron chi connectivity index (χ0n) is 12.7. The van der Waals surface area contributed by atoms with Crippen LogP contribution in [0.15, 0.2) is 51.0 Å². The van der Waals surface area contributed by atoms with E-state index in [1.54, 1.807) is 36.5 Å². The van der Waals surface area contributed by atoms with Gasteiger partial charge < -0.3 is 5.73 Å². The van der Waals surface area contributed by atoms with Gasteiger partial charge in [0.25, 0.3) is 10.0 Å². The van der Waals surface area contributed by atoms with Crippen molar-refractivity contribution in [3.8, 4) is 0 Å². The number of nitrogens with zero attached hydrogens (tertiary/aromatic N) is 2. The fourth-order valence-corrected chi connectivity index (χ4v) is 4.37. The van der Waals surface area contributed by atoms with Crippen LogP contribution in [-0.4, -0.2) is 24.1 Å². The zero-order valence-corrected chi connectivity index (χ0v) is 15.1. The number of hydrazone groups is 1. The number of nitrogens with two attached hydrogens (primary N) is 1. The summed E-state index contributed by atoms with van der Waals surface area (Å²) in [6.45, 7) is 0. The van der Waals surface area contributed by atoms with Crippen molar-refractivity contribution in [2.45, 2.75) is 24.2 Å². The molecule has 0 saturated heterocycles. The predicted octanol–water partition coefficient (Wildman–Crippen LogP) is 2.01. The summed E-state index contributed by atoms with van der Waals surface area (Å²) in [5.74, 6) is -0.253. The van der Waals surface area contributed by atoms with Crippen molar-refractivity contribution in [2.75, 3.05) is 0 Å². The lowest BCUT2D eigenvalue weighted by molar-refractivity contribution is 0.584. The Morgan fingerprint density at radius 1 is 1.25 bits per heavy atom. The van der Waals surface area contributed by atoms with E-state index in [0.29, 0.717) is 24.2 Å². The molecule has 0 saturated carbocycles. The smallest absolute Gasteiger partial charge is 0.267 e. The summed E-state index contributed by atoms with van der Waals surface area (Å²) in [6.07, 6.45) is 3.69. The second-order valence-corrected chi connectivity index (χ2v) is 8.10. The molecule has 1 aromatic heterocycles. The number of hydrogen-bond donors (Lipinski definition) is 3. The molecule has 0 aliphatic heterocycles. The summed E-state index contributed by atoms with van der Waals surface area (Å²) in [7, 11) is -3.66. The van der Waals surface area contributed by atoms with Gasteiger partial charge in [0.05, 0.1) is 10.6 Å². The molecular weight excluding hydrogens is 394 g/mol. The van der Waals surface area contributed by atoms with Gasteiger partial charge in [-0.15, -0.1) is 0 Å². The fraction of sp³-hybridized carbons (Fsp3) is 0.200. The van der Waals surface area contributed by atoms with Crippen LogP contribution in [0.1, 0.15) is 24.1 Å². The number of guanidine groups is 1. The van der Waals surface area contributed by atoms with Gasteiger partial charge in [-0.05, 0) is 49.6 Å². The molecule has 2 aromatic rings. The molecule has 0 bridgehead atoms. The van der Waals surface area contributed by atoms with Crippen molar-refractivity contribution in [3.05, 3.63) is 52.3 Å². The molecule has 0 fully saturated rings. The SMILES string of the molecule is N=C(N)NN=C1CCCc2c1ccn2S(=O)(=O)c1ccc(Br)cc1. The van der Waals surface area contributed by atoms with Crippen LogP contribution in [0.2, 0.25) is 0 Å². The minimum Gasteiger partial charge on any atom is -0.369 e. The van der Waals surface area contributed by atoms with Gasteiger partial charge in [0.2, 0.25) is 5.96 Å². The molecule has 0 amide bonds. The molecule has 24 heavy (non-hydrogen) atoms. The van der Waals surface area contributed by atoms with E-state index in [-0.39, 0.29) is 10.9 Å². The van der Waals surface area contributed by atoms with Crippen LogP contribution in [0.5, 0.6) is 0 Å². The lowest BCUT2D eigenvalue weighted by Crippen LogP contribution is -2.28. The first-order chi connectivity index (χ1) is 11.4. The average molecular weight is 410 g/mol. The second-order valence-electron chi connectivity index (χ2n) is 5.37. The molecule has 1 aliphatic carbocycles. The van der Waals surface area contributed by atoms with Crippen molar-refractivity contribution < 1.29 is 8.42 Å². The van der Waals surface area contributed by atoms with Crippen LogP contribution in [-0.2, 0) is 16.4 Å². The van der Waals surface area contributed by atoms with Crippen molar-refractivity contribution in [1.29, 1.82) is 5.41 Å². The maximum atomic E-state index is 12.9. The monoisotopic (exact) mass is 409 g/mol. The van der Waals surface area contributed by atoms with Crippen LogP contribution in [0, 0.1) is 5.41 Å². The summed E-state index contributed by atoms with van der Waals surface area (Å²) in [5.41, 5.74) is 9.86. The van der Waals surface area contributed by atoms with Gasteiger partial charge in [-0.2, -0.15) is 5.10 Å². The van der Waals surface area contributed by atoms with Crippen molar-refractivity contribution in [1.82, 2.24) is 9.40 Å². The molecule has 9 heteroatoms. The van der Waals surface area contributed by atoms with Crippen LogP contribution >= 0.6 is 15.9 Å². The van der Waals surface area contributed by atoms with Crippen molar-refractivity contribution in [3.63, 3.8) is 0 Å². The summed E-state index contributed by atoms with van der Waals surface area (Å²) < 4.78 is 27.9. The van der Waals surface area contributed by atoms with E-state index in [4.69, 9.17) is 11.1 Å². The third kappa shape index (κ3) is 3.09. The van der Waals surface area contributed by atoms with E-state index in [2.05, 4.69) is 26.5 Å². The van der Waals surface area contributed by atoms with Crippen LogP contribution < -0.4 is 11.2 Å². The summed E-state index contributed by atoms with van der Waals surface area (Å²) >= 11 is 3.31. The maximum Gasteiger partial charge on any atom is 0.267 e. The third-order valence-corrected chi connectivity index (χ3v) is 6.03. The summed E-state index contributed by atoms with van der Waals surface area (Å²) in [6, 6.07) is 8.28. The van der Waals surface area contributed by atoms with Gasteiger partial charge in [-0.1, -0.05) is 15.9 Å². The van der Waals surface area contributed by atoms with Gasteiger partial charge in [0.15, 0.2) is 0 Å². The Morgan fingerprint density at radius 2 is 1.96 bits per heavy atom. The van der Waals surface area contributed by atoms with Gasteiger partial charge in [-0.3, -0.25) is 5.41 Å². The van der Waals surface area contributed by atoms with Crippen molar-refractivity contribution >= 4 is 37.6 Å². The number of halogens is 1. The number of benzene rings is 1. The highest BCUT2D eigenvalue weighted by atomic mass is 79.9. The number of aromatic nitrogens is 1. The quantitative estimate of drug-likeness (QED) is 0.408. The molecule has 0 unspecified atom stereocenters. The van der Waals surface area contributed by atoms with E-state index >= 15 is 0 Å². The minimum absolute atomic E-state index is 0.232. The highest BCUT2D eigenvalue weighted by Gasteiger charge is 2.26. The molecule has 0 atom stereocenters. The van der Waals surface area contributed by atoms with E-state index in [1.165, 1.54) is 3.97 Å². The largest absolute Gasteiger partial charge is 0.369 e. The maximum absolute atomic E-state index is 12.9. The Labute approximate surface area is 148 Å². The van der Waals surface area contributed by atoms with E-state index < -0.39 is 10.0 Å². The Morgan fingerprint density at radius 3 is 2.62 bits per heavy atom. The molecule has 3 rings (SSSR count). The highest BCUT2D eigenvalue weighted by Crippen LogP contribution is 2.27. The summed E-state index contributed by atoms with van der Waals surface area (Å²) in [4.78, 5) is 0.232. The molecule has 126 valence electrons. The Kier molecular flexibility index (Phi) is 4.46. The first-order valence-electron chi connectivity index (χ1n) is 7.28. The number of nitrogens with one attached hydrogen (secondary N) is 2. The van der Waals surface area contributed by atoms with Crippen LogP contribution in [0.25, 0.3) is 0 Å². The van der Waals surface area contributed by atoms with Gasteiger partial charge in [-0.25, -0.2) is 17.8 Å². The molecule has 4 N–H and O–H groups in total. The molecule has 0 radical (unpaired) electrons. The Hall–Kier alpha value is -2.13. The van der Waals surface area contributed by atoms with Crippen LogP contribution in [0.4, 0.5) is 0 Å². The summed E-state index contributed by atoms with van der Waals surface area (Å²) in [5, 5.41) is 11.3. The molecule has 1 aliphatic rings. The standard InChI is InChI=1S/C15H16BrN5O2S/c16-10-4-6-11(7-5-10)24(22,23)21-9-8-12-13(19-20-15(17)18)2-1-3-14(12)21/h4-9H,1-3H2,(H4,17,18,20).